The lowest BCUT2D eigenvalue weighted by Gasteiger charge is -2.12. The molecule has 0 saturated heterocycles. The van der Waals surface area contributed by atoms with Crippen LogP contribution in [0.15, 0.2) is 35.4 Å². The van der Waals surface area contributed by atoms with Crippen LogP contribution in [0.25, 0.3) is 0 Å². The zero-order valence-corrected chi connectivity index (χ0v) is 11.1. The Morgan fingerprint density at radius 2 is 2.11 bits per heavy atom. The van der Waals surface area contributed by atoms with Crippen molar-refractivity contribution in [3.8, 4) is 17.4 Å². The molecule has 0 amide bonds. The van der Waals surface area contributed by atoms with Gasteiger partial charge in [0.2, 0.25) is 0 Å². The van der Waals surface area contributed by atoms with Gasteiger partial charge >= 0.3 is 5.56 Å². The Morgan fingerprint density at radius 1 is 1.37 bits per heavy atom. The molecule has 1 N–H and O–H groups in total. The number of nitrogens with zero attached hydrogens (tertiary/aromatic N) is 2. The fourth-order valence-corrected chi connectivity index (χ4v) is 1.70. The normalized spacial score (nSPS) is 10.7. The minimum absolute atomic E-state index is 0.00454. The number of aromatic nitrogens is 2. The monoisotopic (exact) mass is 260 g/mol. The summed E-state index contributed by atoms with van der Waals surface area (Å²) < 4.78 is 7.05. The summed E-state index contributed by atoms with van der Waals surface area (Å²) in [7, 11) is 0. The summed E-state index contributed by atoms with van der Waals surface area (Å²) in [6.07, 6.45) is 3.14. The second kappa shape index (κ2) is 5.14. The molecule has 0 aliphatic heterocycles. The zero-order valence-electron chi connectivity index (χ0n) is 11.1. The average Bonchev–Trinajstić information content (AvgIpc) is 2.37. The van der Waals surface area contributed by atoms with Crippen LogP contribution in [0, 0.1) is 6.92 Å². The van der Waals surface area contributed by atoms with Gasteiger partial charge in [-0.2, -0.15) is 0 Å². The van der Waals surface area contributed by atoms with Gasteiger partial charge in [-0.05, 0) is 32.9 Å². The van der Waals surface area contributed by atoms with Crippen LogP contribution in [0.2, 0.25) is 0 Å². The molecule has 0 bridgehead atoms. The summed E-state index contributed by atoms with van der Waals surface area (Å²) in [5, 5.41) is 9.61. The molecular weight excluding hydrogens is 244 g/mol. The Kier molecular flexibility index (Phi) is 3.55. The molecule has 0 spiro atoms. The van der Waals surface area contributed by atoms with E-state index in [0.717, 1.165) is 0 Å². The molecule has 0 saturated carbocycles. The molecule has 0 radical (unpaired) electrons. The van der Waals surface area contributed by atoms with Gasteiger partial charge in [0.25, 0.3) is 5.88 Å². The highest BCUT2D eigenvalue weighted by molar-refractivity contribution is 5.43. The van der Waals surface area contributed by atoms with Crippen molar-refractivity contribution in [2.24, 2.45) is 0 Å². The molecule has 5 heteroatoms. The maximum absolute atomic E-state index is 12.1. The van der Waals surface area contributed by atoms with Gasteiger partial charge in [0, 0.05) is 24.0 Å². The van der Waals surface area contributed by atoms with E-state index in [1.54, 1.807) is 35.9 Å². The predicted octanol–water partition coefficient (Wildman–Crippen LogP) is 2.63. The minimum Gasteiger partial charge on any atom is -0.508 e. The van der Waals surface area contributed by atoms with Crippen molar-refractivity contribution in [3.05, 3.63) is 46.5 Å². The second-order valence-electron chi connectivity index (χ2n) is 4.54. The van der Waals surface area contributed by atoms with E-state index in [-0.39, 0.29) is 23.2 Å². The van der Waals surface area contributed by atoms with Crippen LogP contribution in [-0.2, 0) is 0 Å². The van der Waals surface area contributed by atoms with Crippen molar-refractivity contribution in [2.45, 2.75) is 26.8 Å². The first-order chi connectivity index (χ1) is 9.00. The molecule has 5 nitrogen and oxygen atoms in total. The largest absolute Gasteiger partial charge is 0.508 e. The Hall–Kier alpha value is -2.30. The van der Waals surface area contributed by atoms with Crippen LogP contribution in [0.4, 0.5) is 0 Å². The molecule has 1 aromatic heterocycles. The summed E-state index contributed by atoms with van der Waals surface area (Å²) in [6.45, 7) is 5.53. The maximum Gasteiger partial charge on any atom is 0.313 e. The molecule has 1 aromatic carbocycles. The van der Waals surface area contributed by atoms with Crippen LogP contribution in [-0.4, -0.2) is 14.7 Å². The second-order valence-corrected chi connectivity index (χ2v) is 4.54. The van der Waals surface area contributed by atoms with Gasteiger partial charge in [-0.15, -0.1) is 0 Å². The van der Waals surface area contributed by atoms with E-state index >= 15 is 0 Å². The van der Waals surface area contributed by atoms with Crippen molar-refractivity contribution >= 4 is 0 Å². The lowest BCUT2D eigenvalue weighted by atomic mass is 10.2. The first kappa shape index (κ1) is 13.1. The van der Waals surface area contributed by atoms with E-state index in [9.17, 15) is 9.90 Å². The SMILES string of the molecule is Cc1c(O)cccc1Oc1nccn(C(C)C)c1=O. The van der Waals surface area contributed by atoms with Gasteiger partial charge in [-0.1, -0.05) is 6.07 Å². The first-order valence-corrected chi connectivity index (χ1v) is 6.04. The summed E-state index contributed by atoms with van der Waals surface area (Å²) in [5.41, 5.74) is 0.281. The summed E-state index contributed by atoms with van der Waals surface area (Å²) in [5.74, 6) is 0.550. The molecule has 2 rings (SSSR count). The molecule has 1 heterocycles. The van der Waals surface area contributed by atoms with Gasteiger partial charge in [0.05, 0.1) is 0 Å². The molecular formula is C14H16N2O3. The third-order valence-corrected chi connectivity index (χ3v) is 2.85. The van der Waals surface area contributed by atoms with Gasteiger partial charge in [0.1, 0.15) is 11.5 Å². The highest BCUT2D eigenvalue weighted by Gasteiger charge is 2.11. The Balaban J connectivity index is 2.42. The Morgan fingerprint density at radius 3 is 2.79 bits per heavy atom. The van der Waals surface area contributed by atoms with Gasteiger partial charge in [-0.3, -0.25) is 4.79 Å². The number of phenols is 1. The standard InChI is InChI=1S/C14H16N2O3/c1-9(2)16-8-7-15-13(14(16)18)19-12-6-4-5-11(17)10(12)3/h4-9,17H,1-3H3. The minimum atomic E-state index is -0.291. The van der Waals surface area contributed by atoms with Crippen molar-refractivity contribution in [1.29, 1.82) is 0 Å². The van der Waals surface area contributed by atoms with Crippen LogP contribution >= 0.6 is 0 Å². The number of rotatable bonds is 3. The quantitative estimate of drug-likeness (QED) is 0.921. The molecule has 2 aromatic rings. The molecule has 0 aliphatic carbocycles. The molecule has 100 valence electrons. The lowest BCUT2D eigenvalue weighted by molar-refractivity contribution is 0.423. The number of ether oxygens (including phenoxy) is 1. The molecule has 0 fully saturated rings. The Labute approximate surface area is 111 Å². The smallest absolute Gasteiger partial charge is 0.313 e. The average molecular weight is 260 g/mol. The summed E-state index contributed by atoms with van der Waals surface area (Å²) >= 11 is 0. The molecule has 0 atom stereocenters. The van der Waals surface area contributed by atoms with Crippen molar-refractivity contribution in [2.75, 3.05) is 0 Å². The topological polar surface area (TPSA) is 64.3 Å². The van der Waals surface area contributed by atoms with E-state index in [1.165, 1.54) is 6.20 Å². The van der Waals surface area contributed by atoms with Crippen LogP contribution in [0.3, 0.4) is 0 Å². The van der Waals surface area contributed by atoms with E-state index in [1.807, 2.05) is 13.8 Å². The van der Waals surface area contributed by atoms with E-state index in [0.29, 0.717) is 11.3 Å². The molecule has 0 unspecified atom stereocenters. The summed E-state index contributed by atoms with van der Waals surface area (Å²) in [4.78, 5) is 16.1. The third kappa shape index (κ3) is 2.59. The van der Waals surface area contributed by atoms with Crippen molar-refractivity contribution in [3.63, 3.8) is 0 Å². The van der Waals surface area contributed by atoms with Crippen molar-refractivity contribution < 1.29 is 9.84 Å². The van der Waals surface area contributed by atoms with E-state index < -0.39 is 0 Å². The Bertz CT molecular complexity index is 647. The predicted molar refractivity (Wildman–Crippen MR) is 71.8 cm³/mol. The van der Waals surface area contributed by atoms with Gasteiger partial charge in [-0.25, -0.2) is 4.98 Å². The van der Waals surface area contributed by atoms with Crippen LogP contribution < -0.4 is 10.3 Å². The number of aromatic hydroxyl groups is 1. The fraction of sp³-hybridized carbons (Fsp3) is 0.286. The number of hydrogen-bond donors (Lipinski definition) is 1. The van der Waals surface area contributed by atoms with Gasteiger partial charge < -0.3 is 14.4 Å². The first-order valence-electron chi connectivity index (χ1n) is 6.04. The lowest BCUT2D eigenvalue weighted by Crippen LogP contribution is -2.23. The van der Waals surface area contributed by atoms with Crippen molar-refractivity contribution in [1.82, 2.24) is 9.55 Å². The van der Waals surface area contributed by atoms with E-state index in [2.05, 4.69) is 4.98 Å². The fourth-order valence-electron chi connectivity index (χ4n) is 1.70. The summed E-state index contributed by atoms with van der Waals surface area (Å²) in [6, 6.07) is 4.93. The highest BCUT2D eigenvalue weighted by Crippen LogP contribution is 2.28. The maximum atomic E-state index is 12.1. The molecule has 0 aliphatic rings. The van der Waals surface area contributed by atoms with Crippen LogP contribution in [0.5, 0.6) is 17.4 Å². The van der Waals surface area contributed by atoms with E-state index in [4.69, 9.17) is 4.74 Å². The number of phenolic OH excluding ortho intramolecular Hbond substituents is 1. The zero-order chi connectivity index (χ0) is 14.0. The number of hydrogen-bond acceptors (Lipinski definition) is 4. The molecule has 19 heavy (non-hydrogen) atoms. The van der Waals surface area contributed by atoms with Crippen LogP contribution in [0.1, 0.15) is 25.5 Å². The highest BCUT2D eigenvalue weighted by atomic mass is 16.5. The third-order valence-electron chi connectivity index (χ3n) is 2.85. The van der Waals surface area contributed by atoms with Gasteiger partial charge in [0.15, 0.2) is 0 Å². The number of benzene rings is 1.